The van der Waals surface area contributed by atoms with Crippen LogP contribution < -0.4 is 24.8 Å². The molecule has 170 valence electrons. The highest BCUT2D eigenvalue weighted by Gasteiger charge is 2.24. The van der Waals surface area contributed by atoms with Gasteiger partial charge in [-0.3, -0.25) is 4.90 Å². The van der Waals surface area contributed by atoms with E-state index in [4.69, 9.17) is 19.2 Å². The van der Waals surface area contributed by atoms with Gasteiger partial charge in [0.2, 0.25) is 5.75 Å². The molecule has 1 atom stereocenters. The third-order valence-corrected chi connectivity index (χ3v) is 6.38. The summed E-state index contributed by atoms with van der Waals surface area (Å²) >= 11 is 1.82. The number of methoxy groups -OCH3 is 3. The van der Waals surface area contributed by atoms with Gasteiger partial charge in [-0.1, -0.05) is 6.07 Å². The van der Waals surface area contributed by atoms with E-state index < -0.39 is 0 Å². The van der Waals surface area contributed by atoms with E-state index in [-0.39, 0.29) is 0 Å². The molecule has 3 rings (SSSR count). The van der Waals surface area contributed by atoms with Crippen LogP contribution in [0.4, 0.5) is 0 Å². The predicted octanol–water partition coefficient (Wildman–Crippen LogP) is 3.67. The molecule has 31 heavy (non-hydrogen) atoms. The van der Waals surface area contributed by atoms with E-state index in [2.05, 4.69) is 40.0 Å². The van der Waals surface area contributed by atoms with E-state index in [0.717, 1.165) is 37.7 Å². The summed E-state index contributed by atoms with van der Waals surface area (Å²) in [7, 11) is 4.86. The fraction of sp³-hybridized carbons (Fsp3) is 0.522. The normalized spacial score (nSPS) is 15.5. The highest BCUT2D eigenvalue weighted by atomic mass is 32.1. The lowest BCUT2D eigenvalue weighted by Gasteiger charge is -2.27. The van der Waals surface area contributed by atoms with E-state index >= 15 is 0 Å². The second-order valence-corrected chi connectivity index (χ2v) is 8.36. The monoisotopic (exact) mass is 446 g/mol. The maximum absolute atomic E-state index is 5.46. The molecule has 0 spiro atoms. The lowest BCUT2D eigenvalue weighted by atomic mass is 10.2. The molecular formula is C23H34N4O3S. The van der Waals surface area contributed by atoms with Crippen molar-refractivity contribution in [2.45, 2.75) is 32.4 Å². The summed E-state index contributed by atoms with van der Waals surface area (Å²) in [6, 6.07) is 8.61. The van der Waals surface area contributed by atoms with Crippen LogP contribution in [0.2, 0.25) is 0 Å². The molecule has 7 nitrogen and oxygen atoms in total. The van der Waals surface area contributed by atoms with Crippen LogP contribution in [-0.4, -0.2) is 58.4 Å². The number of nitrogens with one attached hydrogen (secondary N) is 2. The fourth-order valence-electron chi connectivity index (χ4n) is 3.88. The minimum atomic E-state index is 0.368. The quantitative estimate of drug-likeness (QED) is 0.429. The molecule has 1 unspecified atom stereocenters. The Labute approximate surface area is 189 Å². The highest BCUT2D eigenvalue weighted by Crippen LogP contribution is 2.38. The van der Waals surface area contributed by atoms with Crippen molar-refractivity contribution in [2.24, 2.45) is 4.99 Å². The summed E-state index contributed by atoms with van der Waals surface area (Å²) in [5.74, 6) is 2.66. The number of ether oxygens (including phenoxy) is 3. The van der Waals surface area contributed by atoms with Crippen molar-refractivity contribution < 1.29 is 14.2 Å². The van der Waals surface area contributed by atoms with Crippen LogP contribution in [0.3, 0.4) is 0 Å². The molecule has 1 aromatic heterocycles. The third-order valence-electron chi connectivity index (χ3n) is 5.40. The van der Waals surface area contributed by atoms with Gasteiger partial charge in [-0.05, 0) is 62.0 Å². The van der Waals surface area contributed by atoms with Gasteiger partial charge >= 0.3 is 0 Å². The third kappa shape index (κ3) is 6.04. The van der Waals surface area contributed by atoms with E-state index in [1.807, 2.05) is 23.5 Å². The zero-order valence-electron chi connectivity index (χ0n) is 18.9. The van der Waals surface area contributed by atoms with Gasteiger partial charge in [0.25, 0.3) is 0 Å². The number of guanidine groups is 1. The van der Waals surface area contributed by atoms with E-state index in [1.54, 1.807) is 21.3 Å². The van der Waals surface area contributed by atoms with Crippen LogP contribution in [-0.2, 0) is 6.54 Å². The van der Waals surface area contributed by atoms with Gasteiger partial charge in [-0.15, -0.1) is 11.3 Å². The molecule has 1 aliphatic rings. The minimum absolute atomic E-state index is 0.368. The largest absolute Gasteiger partial charge is 0.493 e. The Kier molecular flexibility index (Phi) is 8.85. The standard InChI is InChI=1S/C23H34N4O3S/c1-5-24-23(25-15-17-13-19(28-2)22(30-4)20(14-17)29-3)26-16-18(21-9-8-12-31-21)27-10-6-7-11-27/h8-9,12-14,18H,5-7,10-11,15-16H2,1-4H3,(H2,24,25,26). The van der Waals surface area contributed by atoms with E-state index in [1.165, 1.54) is 17.7 Å². The van der Waals surface area contributed by atoms with Crippen LogP contribution >= 0.6 is 11.3 Å². The maximum Gasteiger partial charge on any atom is 0.203 e. The number of hydrogen-bond acceptors (Lipinski definition) is 6. The van der Waals surface area contributed by atoms with Crippen molar-refractivity contribution in [3.8, 4) is 17.2 Å². The highest BCUT2D eigenvalue weighted by molar-refractivity contribution is 7.10. The Morgan fingerprint density at radius 2 is 1.81 bits per heavy atom. The van der Waals surface area contributed by atoms with Crippen LogP contribution in [0.15, 0.2) is 34.6 Å². The van der Waals surface area contributed by atoms with Crippen molar-refractivity contribution in [1.29, 1.82) is 0 Å². The topological polar surface area (TPSA) is 67.4 Å². The second-order valence-electron chi connectivity index (χ2n) is 7.38. The number of benzene rings is 1. The zero-order valence-corrected chi connectivity index (χ0v) is 19.8. The number of hydrogen-bond donors (Lipinski definition) is 2. The average molecular weight is 447 g/mol. The Balaban J connectivity index is 1.72. The van der Waals surface area contributed by atoms with E-state index in [9.17, 15) is 0 Å². The SMILES string of the molecule is CCNC(=NCc1cc(OC)c(OC)c(OC)c1)NCC(c1cccs1)N1CCCC1. The first-order valence-corrected chi connectivity index (χ1v) is 11.7. The Morgan fingerprint density at radius 3 is 2.35 bits per heavy atom. The number of aliphatic imine (C=N–C) groups is 1. The molecule has 2 heterocycles. The molecule has 0 radical (unpaired) electrons. The first-order valence-electron chi connectivity index (χ1n) is 10.8. The van der Waals surface area contributed by atoms with Crippen molar-refractivity contribution in [3.05, 3.63) is 40.1 Å². The van der Waals surface area contributed by atoms with Crippen molar-refractivity contribution in [2.75, 3.05) is 47.5 Å². The maximum atomic E-state index is 5.46. The van der Waals surface area contributed by atoms with Crippen molar-refractivity contribution in [1.82, 2.24) is 15.5 Å². The number of nitrogens with zero attached hydrogens (tertiary/aromatic N) is 2. The summed E-state index contributed by atoms with van der Waals surface area (Å²) in [5, 5.41) is 9.07. The molecule has 1 aliphatic heterocycles. The molecule has 2 N–H and O–H groups in total. The molecule has 0 bridgehead atoms. The van der Waals surface area contributed by atoms with E-state index in [0.29, 0.717) is 29.8 Å². The molecular weight excluding hydrogens is 412 g/mol. The summed E-state index contributed by atoms with van der Waals surface area (Å²) in [4.78, 5) is 8.77. The Hall–Kier alpha value is -2.45. The smallest absolute Gasteiger partial charge is 0.203 e. The van der Waals surface area contributed by atoms with Gasteiger partial charge in [0.15, 0.2) is 17.5 Å². The summed E-state index contributed by atoms with van der Waals surface area (Å²) in [5.41, 5.74) is 0.987. The predicted molar refractivity (Wildman–Crippen MR) is 127 cm³/mol. The molecule has 0 amide bonds. The lowest BCUT2D eigenvalue weighted by Crippen LogP contribution is -2.42. The van der Waals surface area contributed by atoms with Crippen LogP contribution in [0.5, 0.6) is 17.2 Å². The average Bonchev–Trinajstić information content (AvgIpc) is 3.51. The van der Waals surface area contributed by atoms with Crippen LogP contribution in [0.1, 0.15) is 36.2 Å². The van der Waals surface area contributed by atoms with Gasteiger partial charge in [0.1, 0.15) is 0 Å². The fourth-order valence-corrected chi connectivity index (χ4v) is 4.74. The minimum Gasteiger partial charge on any atom is -0.493 e. The van der Waals surface area contributed by atoms with Gasteiger partial charge in [-0.2, -0.15) is 0 Å². The van der Waals surface area contributed by atoms with Crippen LogP contribution in [0, 0.1) is 0 Å². The zero-order chi connectivity index (χ0) is 22.1. The molecule has 8 heteroatoms. The molecule has 0 aliphatic carbocycles. The van der Waals surface area contributed by atoms with Crippen molar-refractivity contribution >= 4 is 17.3 Å². The molecule has 1 aromatic carbocycles. The Bertz CT molecular complexity index is 810. The number of thiophene rings is 1. The molecule has 1 fully saturated rings. The second kappa shape index (κ2) is 11.8. The first kappa shape index (κ1) is 23.2. The van der Waals surface area contributed by atoms with Crippen LogP contribution in [0.25, 0.3) is 0 Å². The van der Waals surface area contributed by atoms with Gasteiger partial charge < -0.3 is 24.8 Å². The molecule has 2 aromatic rings. The number of likely N-dealkylation sites (tertiary alicyclic amines) is 1. The Morgan fingerprint density at radius 1 is 1.10 bits per heavy atom. The first-order chi connectivity index (χ1) is 15.2. The number of rotatable bonds is 10. The van der Waals surface area contributed by atoms with Gasteiger partial charge in [0, 0.05) is 18.0 Å². The summed E-state index contributed by atoms with van der Waals surface area (Å²) < 4.78 is 16.3. The van der Waals surface area contributed by atoms with Gasteiger partial charge in [-0.25, -0.2) is 4.99 Å². The lowest BCUT2D eigenvalue weighted by molar-refractivity contribution is 0.249. The molecule has 0 saturated carbocycles. The van der Waals surface area contributed by atoms with Crippen molar-refractivity contribution in [3.63, 3.8) is 0 Å². The summed E-state index contributed by atoms with van der Waals surface area (Å²) in [6.07, 6.45) is 2.55. The molecule has 1 saturated heterocycles. The summed E-state index contributed by atoms with van der Waals surface area (Å²) in [6.45, 7) is 6.51. The van der Waals surface area contributed by atoms with Gasteiger partial charge in [0.05, 0.1) is 33.9 Å².